The molecule has 0 aliphatic rings. The highest BCUT2D eigenvalue weighted by Crippen LogP contribution is 2.28. The minimum atomic E-state index is -0.0389. The van der Waals surface area contributed by atoms with Crippen molar-refractivity contribution < 1.29 is 19.0 Å². The standard InChI is InChI=1S/C23H27N3O4/c1-5-26(15-17-6-11-20(28-3)21(14-17)29-4)23(27)18-7-9-19(10-8-18)30-16-22-24-12-13-25(22)2/h6-14H,5,15-16H2,1-4H3. The zero-order valence-corrected chi connectivity index (χ0v) is 17.8. The number of carbonyl (C=O) groups is 1. The van der Waals surface area contributed by atoms with Crippen molar-refractivity contribution in [3.05, 3.63) is 71.8 Å². The summed E-state index contributed by atoms with van der Waals surface area (Å²) < 4.78 is 18.3. The summed E-state index contributed by atoms with van der Waals surface area (Å²) in [5.41, 5.74) is 1.58. The average Bonchev–Trinajstić information content (AvgIpc) is 3.20. The van der Waals surface area contributed by atoms with Crippen molar-refractivity contribution in [3.63, 3.8) is 0 Å². The highest BCUT2D eigenvalue weighted by Gasteiger charge is 2.16. The number of amides is 1. The number of nitrogens with zero attached hydrogens (tertiary/aromatic N) is 3. The summed E-state index contributed by atoms with van der Waals surface area (Å²) in [7, 11) is 5.12. The van der Waals surface area contributed by atoms with Gasteiger partial charge >= 0.3 is 0 Å². The van der Waals surface area contributed by atoms with Crippen LogP contribution < -0.4 is 14.2 Å². The molecule has 0 spiro atoms. The van der Waals surface area contributed by atoms with Crippen molar-refractivity contribution in [3.8, 4) is 17.2 Å². The van der Waals surface area contributed by atoms with Crippen LogP contribution in [0, 0.1) is 0 Å². The zero-order valence-electron chi connectivity index (χ0n) is 17.8. The summed E-state index contributed by atoms with van der Waals surface area (Å²) in [4.78, 5) is 19.0. The third-order valence-corrected chi connectivity index (χ3v) is 4.88. The SMILES string of the molecule is CCN(Cc1ccc(OC)c(OC)c1)C(=O)c1ccc(OCc2nccn2C)cc1. The van der Waals surface area contributed by atoms with E-state index in [1.165, 1.54) is 0 Å². The number of benzene rings is 2. The number of rotatable bonds is 9. The van der Waals surface area contributed by atoms with Crippen molar-refractivity contribution in [2.24, 2.45) is 7.05 Å². The first-order valence-electron chi connectivity index (χ1n) is 9.75. The molecule has 0 saturated heterocycles. The number of carbonyl (C=O) groups excluding carboxylic acids is 1. The van der Waals surface area contributed by atoms with Crippen LogP contribution in [0.25, 0.3) is 0 Å². The monoisotopic (exact) mass is 409 g/mol. The third-order valence-electron chi connectivity index (χ3n) is 4.88. The topological polar surface area (TPSA) is 65.8 Å². The molecule has 1 amide bonds. The molecule has 3 rings (SSSR count). The Morgan fingerprint density at radius 3 is 2.40 bits per heavy atom. The molecule has 0 bridgehead atoms. The molecule has 0 N–H and O–H groups in total. The lowest BCUT2D eigenvalue weighted by molar-refractivity contribution is 0.0752. The maximum atomic E-state index is 13.0. The fraction of sp³-hybridized carbons (Fsp3) is 0.304. The van der Waals surface area contributed by atoms with E-state index in [2.05, 4.69) is 4.98 Å². The van der Waals surface area contributed by atoms with Crippen molar-refractivity contribution in [1.29, 1.82) is 0 Å². The Kier molecular flexibility index (Phi) is 6.95. The molecule has 2 aromatic carbocycles. The number of ether oxygens (including phenoxy) is 3. The van der Waals surface area contributed by atoms with Crippen LogP contribution in [-0.2, 0) is 20.2 Å². The van der Waals surface area contributed by atoms with E-state index in [1.807, 2.05) is 42.9 Å². The normalized spacial score (nSPS) is 10.5. The Bertz CT molecular complexity index is 982. The molecule has 7 heteroatoms. The second-order valence-corrected chi connectivity index (χ2v) is 6.78. The van der Waals surface area contributed by atoms with Crippen LogP contribution in [0.3, 0.4) is 0 Å². The number of imidazole rings is 1. The van der Waals surface area contributed by atoms with E-state index in [0.717, 1.165) is 11.4 Å². The lowest BCUT2D eigenvalue weighted by Crippen LogP contribution is -2.30. The van der Waals surface area contributed by atoms with Gasteiger partial charge in [-0.3, -0.25) is 4.79 Å². The molecule has 0 fully saturated rings. The van der Waals surface area contributed by atoms with Crippen LogP contribution in [0.1, 0.15) is 28.7 Å². The maximum absolute atomic E-state index is 13.0. The molecule has 0 saturated carbocycles. The molecular weight excluding hydrogens is 382 g/mol. The molecule has 3 aromatic rings. The molecule has 30 heavy (non-hydrogen) atoms. The first kappa shape index (κ1) is 21.2. The van der Waals surface area contributed by atoms with Gasteiger partial charge < -0.3 is 23.7 Å². The van der Waals surface area contributed by atoms with Crippen LogP contribution in [0.15, 0.2) is 54.9 Å². The predicted molar refractivity (Wildman–Crippen MR) is 114 cm³/mol. The minimum Gasteiger partial charge on any atom is -0.493 e. The summed E-state index contributed by atoms with van der Waals surface area (Å²) in [6, 6.07) is 12.9. The van der Waals surface area contributed by atoms with Crippen LogP contribution >= 0.6 is 0 Å². The van der Waals surface area contributed by atoms with Gasteiger partial charge in [0.2, 0.25) is 0 Å². The first-order chi connectivity index (χ1) is 14.5. The van der Waals surface area contributed by atoms with E-state index in [-0.39, 0.29) is 5.91 Å². The summed E-state index contributed by atoms with van der Waals surface area (Å²) in [5.74, 6) is 2.80. The van der Waals surface area contributed by atoms with Gasteiger partial charge in [-0.15, -0.1) is 0 Å². The maximum Gasteiger partial charge on any atom is 0.254 e. The molecular formula is C23H27N3O4. The summed E-state index contributed by atoms with van der Waals surface area (Å²) >= 11 is 0. The fourth-order valence-electron chi connectivity index (χ4n) is 3.09. The molecule has 0 atom stereocenters. The molecule has 7 nitrogen and oxygen atoms in total. The Hall–Kier alpha value is -3.48. The molecule has 0 aliphatic carbocycles. The third kappa shape index (κ3) is 4.92. The van der Waals surface area contributed by atoms with Gasteiger partial charge in [0.15, 0.2) is 11.5 Å². The smallest absolute Gasteiger partial charge is 0.254 e. The molecule has 158 valence electrons. The van der Waals surface area contributed by atoms with Gasteiger partial charge in [0.25, 0.3) is 5.91 Å². The average molecular weight is 409 g/mol. The van der Waals surface area contributed by atoms with Gasteiger partial charge in [0, 0.05) is 38.1 Å². The van der Waals surface area contributed by atoms with Crippen LogP contribution in [0.4, 0.5) is 0 Å². The van der Waals surface area contributed by atoms with Crippen molar-refractivity contribution in [2.45, 2.75) is 20.1 Å². The Morgan fingerprint density at radius 1 is 1.07 bits per heavy atom. The van der Waals surface area contributed by atoms with Gasteiger partial charge in [-0.1, -0.05) is 6.07 Å². The first-order valence-corrected chi connectivity index (χ1v) is 9.75. The van der Waals surface area contributed by atoms with Gasteiger partial charge in [0.05, 0.1) is 14.2 Å². The highest BCUT2D eigenvalue weighted by molar-refractivity contribution is 5.94. The van der Waals surface area contributed by atoms with E-state index < -0.39 is 0 Å². The van der Waals surface area contributed by atoms with E-state index in [9.17, 15) is 4.79 Å². The largest absolute Gasteiger partial charge is 0.493 e. The minimum absolute atomic E-state index is 0.0389. The van der Waals surface area contributed by atoms with E-state index >= 15 is 0 Å². The predicted octanol–water partition coefficient (Wildman–Crippen LogP) is 3.68. The fourth-order valence-corrected chi connectivity index (χ4v) is 3.09. The second kappa shape index (κ2) is 9.82. The van der Waals surface area contributed by atoms with E-state index in [0.29, 0.717) is 42.5 Å². The Morgan fingerprint density at radius 2 is 1.80 bits per heavy atom. The number of aryl methyl sites for hydroxylation is 1. The number of methoxy groups -OCH3 is 2. The zero-order chi connectivity index (χ0) is 21.5. The molecule has 0 aliphatic heterocycles. The van der Waals surface area contributed by atoms with E-state index in [1.54, 1.807) is 49.6 Å². The molecule has 0 radical (unpaired) electrons. The summed E-state index contributed by atoms with van der Waals surface area (Å²) in [5, 5.41) is 0. The molecule has 1 heterocycles. The lowest BCUT2D eigenvalue weighted by Gasteiger charge is -2.22. The van der Waals surface area contributed by atoms with Crippen molar-refractivity contribution in [2.75, 3.05) is 20.8 Å². The molecule has 1 aromatic heterocycles. The number of hydrogen-bond acceptors (Lipinski definition) is 5. The van der Waals surface area contributed by atoms with Crippen LogP contribution in [0.2, 0.25) is 0 Å². The van der Waals surface area contributed by atoms with E-state index in [4.69, 9.17) is 14.2 Å². The summed E-state index contributed by atoms with van der Waals surface area (Å²) in [6.45, 7) is 3.40. The highest BCUT2D eigenvalue weighted by atomic mass is 16.5. The van der Waals surface area contributed by atoms with Crippen molar-refractivity contribution >= 4 is 5.91 Å². The lowest BCUT2D eigenvalue weighted by atomic mass is 10.1. The van der Waals surface area contributed by atoms with Gasteiger partial charge in [-0.2, -0.15) is 0 Å². The van der Waals surface area contributed by atoms with Gasteiger partial charge in [-0.25, -0.2) is 4.98 Å². The summed E-state index contributed by atoms with van der Waals surface area (Å²) in [6.07, 6.45) is 3.61. The second-order valence-electron chi connectivity index (χ2n) is 6.78. The van der Waals surface area contributed by atoms with Crippen molar-refractivity contribution in [1.82, 2.24) is 14.5 Å². The number of aromatic nitrogens is 2. The van der Waals surface area contributed by atoms with Crippen LogP contribution in [0.5, 0.6) is 17.2 Å². The van der Waals surface area contributed by atoms with Gasteiger partial charge in [-0.05, 0) is 48.9 Å². The Labute approximate surface area is 176 Å². The molecule has 0 unspecified atom stereocenters. The number of hydrogen-bond donors (Lipinski definition) is 0. The van der Waals surface area contributed by atoms with Crippen LogP contribution in [-0.4, -0.2) is 41.1 Å². The Balaban J connectivity index is 1.65. The van der Waals surface area contributed by atoms with Gasteiger partial charge in [0.1, 0.15) is 18.2 Å². The quantitative estimate of drug-likeness (QED) is 0.539.